The Morgan fingerprint density at radius 1 is 0.920 bits per heavy atom. The van der Waals surface area contributed by atoms with E-state index in [4.69, 9.17) is 10.7 Å². The first-order valence-corrected chi connectivity index (χ1v) is 9.28. The summed E-state index contributed by atoms with van der Waals surface area (Å²) >= 11 is 0. The third kappa shape index (κ3) is 4.68. The third-order valence-electron chi connectivity index (χ3n) is 4.48. The van der Waals surface area contributed by atoms with Crippen molar-refractivity contribution < 1.29 is 5.11 Å². The normalized spacial score (nSPS) is 11.6. The van der Waals surface area contributed by atoms with Crippen molar-refractivity contribution in [1.29, 1.82) is 0 Å². The highest BCUT2D eigenvalue weighted by Crippen LogP contribution is 2.33. The molecule has 2 aromatic rings. The van der Waals surface area contributed by atoms with Crippen LogP contribution in [0.25, 0.3) is 11.1 Å². The molecule has 0 unspecified atom stereocenters. The molecule has 1 heterocycles. The number of aryl methyl sites for hydroxylation is 1. The monoisotopic (exact) mass is 340 g/mol. The van der Waals surface area contributed by atoms with E-state index in [1.54, 1.807) is 0 Å². The summed E-state index contributed by atoms with van der Waals surface area (Å²) < 4.78 is 0. The van der Waals surface area contributed by atoms with Crippen LogP contribution < -0.4 is 5.73 Å². The second-order valence-electron chi connectivity index (χ2n) is 7.76. The Morgan fingerprint density at radius 2 is 1.44 bits per heavy atom. The molecule has 3 heteroatoms. The van der Waals surface area contributed by atoms with Gasteiger partial charge in [0.1, 0.15) is 0 Å². The summed E-state index contributed by atoms with van der Waals surface area (Å²) in [7, 11) is 0. The second-order valence-corrected chi connectivity index (χ2v) is 7.76. The van der Waals surface area contributed by atoms with Crippen molar-refractivity contribution in [3.63, 3.8) is 0 Å². The topological polar surface area (TPSA) is 59.1 Å². The molecule has 0 aliphatic heterocycles. The molecule has 25 heavy (non-hydrogen) atoms. The molecule has 1 aromatic heterocycles. The van der Waals surface area contributed by atoms with Crippen LogP contribution in [0.2, 0.25) is 0 Å². The van der Waals surface area contributed by atoms with Crippen molar-refractivity contribution >= 4 is 0 Å². The Hall–Kier alpha value is -1.71. The maximum absolute atomic E-state index is 10.1. The van der Waals surface area contributed by atoms with Crippen LogP contribution in [-0.4, -0.2) is 10.1 Å². The van der Waals surface area contributed by atoms with E-state index in [1.807, 2.05) is 0 Å². The molecule has 0 atom stereocenters. The fourth-order valence-electron chi connectivity index (χ4n) is 3.34. The molecule has 1 aromatic carbocycles. The van der Waals surface area contributed by atoms with Crippen molar-refractivity contribution in [1.82, 2.24) is 4.98 Å². The molecule has 0 amide bonds. The van der Waals surface area contributed by atoms with Crippen molar-refractivity contribution in [2.24, 2.45) is 17.6 Å². The van der Waals surface area contributed by atoms with E-state index in [9.17, 15) is 5.11 Å². The number of hydrogen-bond acceptors (Lipinski definition) is 3. The first-order valence-electron chi connectivity index (χ1n) is 9.28. The van der Waals surface area contributed by atoms with Crippen LogP contribution in [-0.2, 0) is 26.0 Å². The summed E-state index contributed by atoms with van der Waals surface area (Å²) in [6.45, 7) is 11.3. The summed E-state index contributed by atoms with van der Waals surface area (Å²) in [6.07, 6.45) is 1.77. The molecule has 0 aliphatic carbocycles. The van der Waals surface area contributed by atoms with Gasteiger partial charge in [0.2, 0.25) is 0 Å². The molecule has 3 nitrogen and oxygen atoms in total. The van der Waals surface area contributed by atoms with E-state index in [2.05, 4.69) is 58.9 Å². The number of benzene rings is 1. The van der Waals surface area contributed by atoms with Crippen molar-refractivity contribution in [2.45, 2.75) is 60.6 Å². The van der Waals surface area contributed by atoms with Gasteiger partial charge in [0, 0.05) is 23.5 Å². The lowest BCUT2D eigenvalue weighted by atomic mass is 9.88. The number of rotatable bonds is 7. The highest BCUT2D eigenvalue weighted by molar-refractivity contribution is 5.73. The second kappa shape index (κ2) is 8.59. The van der Waals surface area contributed by atoms with Gasteiger partial charge in [-0.2, -0.15) is 0 Å². The lowest BCUT2D eigenvalue weighted by Crippen LogP contribution is -2.15. The van der Waals surface area contributed by atoms with E-state index in [0.717, 1.165) is 46.5 Å². The number of nitrogens with zero attached hydrogens (tertiary/aromatic N) is 1. The van der Waals surface area contributed by atoms with Gasteiger partial charge in [-0.1, -0.05) is 57.5 Å². The maximum Gasteiger partial charge on any atom is 0.0705 e. The van der Waals surface area contributed by atoms with Gasteiger partial charge in [-0.3, -0.25) is 4.98 Å². The van der Waals surface area contributed by atoms with E-state index in [0.29, 0.717) is 18.4 Å². The van der Waals surface area contributed by atoms with E-state index in [1.165, 1.54) is 5.56 Å². The number of aliphatic hydroxyl groups excluding tert-OH is 1. The number of aromatic nitrogens is 1. The fourth-order valence-corrected chi connectivity index (χ4v) is 3.34. The molecular weight excluding hydrogens is 308 g/mol. The predicted molar refractivity (Wildman–Crippen MR) is 105 cm³/mol. The highest BCUT2D eigenvalue weighted by Gasteiger charge is 2.20. The predicted octanol–water partition coefficient (Wildman–Crippen LogP) is 4.41. The SMILES string of the molecule is Cc1ccc(-c2c(CN)c(CC(C)C)nc(CC(C)C)c2CO)cc1. The van der Waals surface area contributed by atoms with Crippen LogP contribution in [0.4, 0.5) is 0 Å². The summed E-state index contributed by atoms with van der Waals surface area (Å²) in [4.78, 5) is 4.96. The zero-order valence-corrected chi connectivity index (χ0v) is 16.3. The summed E-state index contributed by atoms with van der Waals surface area (Å²) in [5.74, 6) is 0.995. The number of aliphatic hydroxyl groups is 1. The lowest BCUT2D eigenvalue weighted by Gasteiger charge is -2.22. The Morgan fingerprint density at radius 3 is 1.88 bits per heavy atom. The van der Waals surface area contributed by atoms with Gasteiger partial charge in [-0.15, -0.1) is 0 Å². The summed E-state index contributed by atoms with van der Waals surface area (Å²) in [5.41, 5.74) is 13.7. The van der Waals surface area contributed by atoms with Gasteiger partial charge in [-0.05, 0) is 48.3 Å². The molecule has 0 bridgehead atoms. The van der Waals surface area contributed by atoms with Crippen LogP contribution in [0.15, 0.2) is 24.3 Å². The standard InChI is InChI=1S/C22H32N2O/c1-14(2)10-20-18(12-23)22(17-8-6-16(5)7-9-17)19(13-25)21(24-20)11-15(3)4/h6-9,14-15,25H,10-13,23H2,1-5H3. The van der Waals surface area contributed by atoms with Gasteiger partial charge < -0.3 is 10.8 Å². The molecule has 3 N–H and O–H groups in total. The Balaban J connectivity index is 2.76. The van der Waals surface area contributed by atoms with E-state index >= 15 is 0 Å². The van der Waals surface area contributed by atoms with E-state index < -0.39 is 0 Å². The van der Waals surface area contributed by atoms with Crippen LogP contribution >= 0.6 is 0 Å². The van der Waals surface area contributed by atoms with Crippen LogP contribution in [0, 0.1) is 18.8 Å². The van der Waals surface area contributed by atoms with Gasteiger partial charge in [0.15, 0.2) is 0 Å². The number of pyridine rings is 1. The number of nitrogens with two attached hydrogens (primary N) is 1. The quantitative estimate of drug-likeness (QED) is 0.785. The van der Waals surface area contributed by atoms with Gasteiger partial charge >= 0.3 is 0 Å². The Bertz CT molecular complexity index is 667. The Kier molecular flexibility index (Phi) is 6.74. The van der Waals surface area contributed by atoms with E-state index in [-0.39, 0.29) is 6.61 Å². The minimum Gasteiger partial charge on any atom is -0.392 e. The average Bonchev–Trinajstić information content (AvgIpc) is 2.54. The zero-order chi connectivity index (χ0) is 18.6. The molecule has 0 spiro atoms. The van der Waals surface area contributed by atoms with Crippen molar-refractivity contribution in [2.75, 3.05) is 0 Å². The fraction of sp³-hybridized carbons (Fsp3) is 0.500. The summed E-state index contributed by atoms with van der Waals surface area (Å²) in [6, 6.07) is 8.48. The average molecular weight is 341 g/mol. The van der Waals surface area contributed by atoms with Crippen LogP contribution in [0.5, 0.6) is 0 Å². The molecule has 136 valence electrons. The smallest absolute Gasteiger partial charge is 0.0705 e. The van der Waals surface area contributed by atoms with Gasteiger partial charge in [0.25, 0.3) is 0 Å². The Labute approximate surface area is 152 Å². The molecule has 0 radical (unpaired) electrons. The zero-order valence-electron chi connectivity index (χ0n) is 16.3. The third-order valence-corrected chi connectivity index (χ3v) is 4.48. The number of hydrogen-bond donors (Lipinski definition) is 2. The molecule has 0 saturated carbocycles. The maximum atomic E-state index is 10.1. The van der Waals surface area contributed by atoms with Crippen molar-refractivity contribution in [3.8, 4) is 11.1 Å². The largest absolute Gasteiger partial charge is 0.392 e. The van der Waals surface area contributed by atoms with Gasteiger partial charge in [-0.25, -0.2) is 0 Å². The van der Waals surface area contributed by atoms with Gasteiger partial charge in [0.05, 0.1) is 6.61 Å². The molecule has 0 fully saturated rings. The van der Waals surface area contributed by atoms with Crippen LogP contribution in [0.3, 0.4) is 0 Å². The summed E-state index contributed by atoms with van der Waals surface area (Å²) in [5, 5.41) is 10.1. The first-order chi connectivity index (χ1) is 11.9. The first kappa shape index (κ1) is 19.6. The minimum absolute atomic E-state index is 0.00672. The van der Waals surface area contributed by atoms with Crippen LogP contribution in [0.1, 0.15) is 55.8 Å². The molecule has 0 saturated heterocycles. The lowest BCUT2D eigenvalue weighted by molar-refractivity contribution is 0.280. The molecule has 0 aliphatic rings. The molecular formula is C22H32N2O. The minimum atomic E-state index is -0.00672. The van der Waals surface area contributed by atoms with Crippen molar-refractivity contribution in [3.05, 3.63) is 52.3 Å². The highest BCUT2D eigenvalue weighted by atomic mass is 16.3. The molecule has 2 rings (SSSR count).